The predicted octanol–water partition coefficient (Wildman–Crippen LogP) is 4.55. The van der Waals surface area contributed by atoms with Gasteiger partial charge in [0, 0.05) is 5.69 Å². The summed E-state index contributed by atoms with van der Waals surface area (Å²) in [6.07, 6.45) is -4.75. The number of nitrogens with one attached hydrogen (secondary N) is 1. The second-order valence-corrected chi connectivity index (χ2v) is 5.28. The van der Waals surface area contributed by atoms with Crippen LogP contribution in [0.25, 0.3) is 0 Å². The number of anilines is 1. The topological polar surface area (TPSA) is 47.6 Å². The molecule has 1 amide bonds. The number of hydrogen-bond acceptors (Lipinski definition) is 3. The molecule has 0 aliphatic rings. The molecule has 0 aromatic heterocycles. The number of hydrogen-bond donors (Lipinski definition) is 1. The van der Waals surface area contributed by atoms with E-state index in [0.717, 1.165) is 24.1 Å². The van der Waals surface area contributed by atoms with Gasteiger partial charge in [0.2, 0.25) is 0 Å². The van der Waals surface area contributed by atoms with Crippen LogP contribution in [0.2, 0.25) is 0 Å². The highest BCUT2D eigenvalue weighted by Gasteiger charge is 2.31. The maximum Gasteiger partial charge on any atom is 0.573 e. The lowest BCUT2D eigenvalue weighted by Crippen LogP contribution is -2.30. The minimum absolute atomic E-state index is 0.346. The molecule has 0 aliphatic heterocycles. The maximum absolute atomic E-state index is 12.2. The molecular formula is C18H18F3NO3. The summed E-state index contributed by atoms with van der Waals surface area (Å²) in [5, 5.41) is 2.59. The Morgan fingerprint density at radius 3 is 2.36 bits per heavy atom. The number of carbonyl (C=O) groups excluding carboxylic acids is 1. The summed E-state index contributed by atoms with van der Waals surface area (Å²) in [7, 11) is 0. The van der Waals surface area contributed by atoms with E-state index in [0.29, 0.717) is 11.4 Å². The zero-order valence-electron chi connectivity index (χ0n) is 13.8. The van der Waals surface area contributed by atoms with E-state index in [1.54, 1.807) is 13.0 Å². The van der Waals surface area contributed by atoms with Crippen LogP contribution in [0, 0.1) is 0 Å². The van der Waals surface area contributed by atoms with Gasteiger partial charge >= 0.3 is 6.36 Å². The van der Waals surface area contributed by atoms with E-state index >= 15 is 0 Å². The Kier molecular flexibility index (Phi) is 5.90. The summed E-state index contributed by atoms with van der Waals surface area (Å²) >= 11 is 0. The van der Waals surface area contributed by atoms with Crippen LogP contribution >= 0.6 is 0 Å². The number of alkyl halides is 3. The number of amides is 1. The Balaban J connectivity index is 1.97. The first-order chi connectivity index (χ1) is 11.8. The molecule has 1 atom stereocenters. The Hall–Kier alpha value is -2.70. The molecule has 2 rings (SSSR count). The summed E-state index contributed by atoms with van der Waals surface area (Å²) < 4.78 is 45.8. The summed E-state index contributed by atoms with van der Waals surface area (Å²) in [5.41, 5.74) is 1.33. The van der Waals surface area contributed by atoms with E-state index in [9.17, 15) is 18.0 Å². The van der Waals surface area contributed by atoms with Gasteiger partial charge < -0.3 is 14.8 Å². The number of aryl methyl sites for hydroxylation is 1. The highest BCUT2D eigenvalue weighted by atomic mass is 19.4. The molecule has 0 fully saturated rings. The second kappa shape index (κ2) is 7.92. The van der Waals surface area contributed by atoms with Crippen molar-refractivity contribution in [3.05, 3.63) is 54.1 Å². The molecule has 0 spiro atoms. The van der Waals surface area contributed by atoms with Gasteiger partial charge in [0.05, 0.1) is 0 Å². The number of benzene rings is 2. The minimum Gasteiger partial charge on any atom is -0.481 e. The monoisotopic (exact) mass is 353 g/mol. The summed E-state index contributed by atoms with van der Waals surface area (Å²) in [4.78, 5) is 12.2. The molecule has 0 radical (unpaired) electrons. The highest BCUT2D eigenvalue weighted by Crippen LogP contribution is 2.24. The molecule has 1 N–H and O–H groups in total. The van der Waals surface area contributed by atoms with E-state index in [1.165, 1.54) is 12.1 Å². The van der Waals surface area contributed by atoms with Gasteiger partial charge in [0.25, 0.3) is 5.91 Å². The van der Waals surface area contributed by atoms with Crippen molar-refractivity contribution in [2.75, 3.05) is 5.32 Å². The molecule has 1 unspecified atom stereocenters. The van der Waals surface area contributed by atoms with Crippen LogP contribution in [0.5, 0.6) is 11.5 Å². The van der Waals surface area contributed by atoms with Crippen LogP contribution in [0.15, 0.2) is 48.5 Å². The second-order valence-electron chi connectivity index (χ2n) is 5.28. The summed E-state index contributed by atoms with van der Waals surface area (Å²) in [5.74, 6) is -0.136. The molecule has 0 saturated heterocycles. The molecule has 4 nitrogen and oxygen atoms in total. The zero-order chi connectivity index (χ0) is 18.4. The van der Waals surface area contributed by atoms with Crippen molar-refractivity contribution in [2.24, 2.45) is 0 Å². The molecule has 25 heavy (non-hydrogen) atoms. The van der Waals surface area contributed by atoms with Gasteiger partial charge in [-0.2, -0.15) is 0 Å². The van der Waals surface area contributed by atoms with Crippen molar-refractivity contribution in [1.29, 1.82) is 0 Å². The largest absolute Gasteiger partial charge is 0.573 e. The zero-order valence-corrected chi connectivity index (χ0v) is 13.8. The van der Waals surface area contributed by atoms with Crippen LogP contribution in [-0.4, -0.2) is 18.4 Å². The Morgan fingerprint density at radius 1 is 1.12 bits per heavy atom. The first-order valence-corrected chi connectivity index (χ1v) is 7.69. The number of carbonyl (C=O) groups is 1. The van der Waals surface area contributed by atoms with Gasteiger partial charge in [-0.3, -0.25) is 4.79 Å². The predicted molar refractivity (Wildman–Crippen MR) is 87.7 cm³/mol. The van der Waals surface area contributed by atoms with Crippen molar-refractivity contribution in [1.82, 2.24) is 0 Å². The lowest BCUT2D eigenvalue weighted by molar-refractivity contribution is -0.274. The van der Waals surface area contributed by atoms with Crippen molar-refractivity contribution in [3.63, 3.8) is 0 Å². The van der Waals surface area contributed by atoms with Crippen LogP contribution in [0.1, 0.15) is 19.4 Å². The molecule has 2 aromatic rings. The fourth-order valence-corrected chi connectivity index (χ4v) is 2.14. The van der Waals surface area contributed by atoms with Crippen LogP contribution in [0.3, 0.4) is 0 Å². The van der Waals surface area contributed by atoms with Crippen molar-refractivity contribution in [3.8, 4) is 11.5 Å². The highest BCUT2D eigenvalue weighted by molar-refractivity contribution is 5.94. The first kappa shape index (κ1) is 18.6. The van der Waals surface area contributed by atoms with E-state index in [1.807, 2.05) is 25.1 Å². The normalized spacial score (nSPS) is 12.4. The van der Waals surface area contributed by atoms with E-state index < -0.39 is 18.4 Å². The van der Waals surface area contributed by atoms with Gasteiger partial charge in [0.1, 0.15) is 11.5 Å². The fraction of sp³-hybridized carbons (Fsp3) is 0.278. The average molecular weight is 353 g/mol. The summed E-state index contributed by atoms with van der Waals surface area (Å²) in [6.45, 7) is 3.58. The average Bonchev–Trinajstić information content (AvgIpc) is 2.55. The van der Waals surface area contributed by atoms with Crippen LogP contribution in [0.4, 0.5) is 18.9 Å². The van der Waals surface area contributed by atoms with Gasteiger partial charge in [0.15, 0.2) is 6.10 Å². The van der Waals surface area contributed by atoms with Crippen LogP contribution in [-0.2, 0) is 11.2 Å². The smallest absolute Gasteiger partial charge is 0.481 e. The minimum atomic E-state index is -4.75. The number of rotatable bonds is 6. The molecule has 7 heteroatoms. The first-order valence-electron chi connectivity index (χ1n) is 7.69. The number of ether oxygens (including phenoxy) is 2. The standard InChI is InChI=1S/C18H18F3NO3/c1-3-13-6-4-5-7-16(13)24-12(2)17(23)22-14-8-10-15(11-9-14)25-18(19,20)21/h4-12H,3H2,1-2H3,(H,22,23). The third kappa shape index (κ3) is 5.70. The van der Waals surface area contributed by atoms with E-state index in [-0.39, 0.29) is 5.75 Å². The summed E-state index contributed by atoms with van der Waals surface area (Å²) in [6, 6.07) is 12.3. The van der Waals surface area contributed by atoms with Gasteiger partial charge in [-0.15, -0.1) is 13.2 Å². The third-order valence-corrected chi connectivity index (χ3v) is 3.38. The lowest BCUT2D eigenvalue weighted by Gasteiger charge is -2.17. The van der Waals surface area contributed by atoms with Gasteiger partial charge in [-0.1, -0.05) is 25.1 Å². The van der Waals surface area contributed by atoms with Crippen LogP contribution < -0.4 is 14.8 Å². The Morgan fingerprint density at radius 2 is 1.76 bits per heavy atom. The Labute approximate surface area is 143 Å². The molecule has 0 aliphatic carbocycles. The van der Waals surface area contributed by atoms with Gasteiger partial charge in [-0.25, -0.2) is 0 Å². The lowest BCUT2D eigenvalue weighted by atomic mass is 10.1. The molecule has 0 bridgehead atoms. The molecular weight excluding hydrogens is 335 g/mol. The molecule has 134 valence electrons. The van der Waals surface area contributed by atoms with E-state index in [4.69, 9.17) is 4.74 Å². The van der Waals surface area contributed by atoms with Crippen molar-refractivity contribution < 1.29 is 27.4 Å². The third-order valence-electron chi connectivity index (χ3n) is 3.38. The fourth-order valence-electron chi connectivity index (χ4n) is 2.14. The maximum atomic E-state index is 12.2. The molecule has 2 aromatic carbocycles. The number of halogens is 3. The van der Waals surface area contributed by atoms with E-state index in [2.05, 4.69) is 10.1 Å². The molecule has 0 heterocycles. The quantitative estimate of drug-likeness (QED) is 0.829. The van der Waals surface area contributed by atoms with Crippen molar-refractivity contribution >= 4 is 11.6 Å². The molecule has 0 saturated carbocycles. The van der Waals surface area contributed by atoms with Gasteiger partial charge in [-0.05, 0) is 49.2 Å². The number of para-hydroxylation sites is 1. The Bertz CT molecular complexity index is 714. The van der Waals surface area contributed by atoms with Crippen molar-refractivity contribution in [2.45, 2.75) is 32.7 Å². The SMILES string of the molecule is CCc1ccccc1OC(C)C(=O)Nc1ccc(OC(F)(F)F)cc1.